The molecule has 2 aromatic heterocycles. The predicted molar refractivity (Wildman–Crippen MR) is 106 cm³/mol. The van der Waals surface area contributed by atoms with Crippen LogP contribution in [0.4, 0.5) is 5.00 Å². The lowest BCUT2D eigenvalue weighted by molar-refractivity contribution is -0.119. The van der Waals surface area contributed by atoms with Gasteiger partial charge in [0.05, 0.1) is 24.0 Å². The van der Waals surface area contributed by atoms with Gasteiger partial charge in [0.2, 0.25) is 5.91 Å². The highest BCUT2D eigenvalue weighted by atomic mass is 32.1. The second kappa shape index (κ2) is 9.01. The summed E-state index contributed by atoms with van der Waals surface area (Å²) < 4.78 is 11.9. The van der Waals surface area contributed by atoms with Crippen LogP contribution in [0.25, 0.3) is 0 Å². The smallest absolute Gasteiger partial charge is 0.348 e. The van der Waals surface area contributed by atoms with Gasteiger partial charge in [-0.2, -0.15) is 5.10 Å². The van der Waals surface area contributed by atoms with E-state index in [0.717, 1.165) is 17.0 Å². The summed E-state index contributed by atoms with van der Waals surface area (Å²) in [7, 11) is 0. The molecule has 0 aromatic carbocycles. The van der Waals surface area contributed by atoms with Gasteiger partial charge in [-0.05, 0) is 53.2 Å². The molecular formula is C19H25N3O5S. The summed E-state index contributed by atoms with van der Waals surface area (Å²) in [5.41, 5.74) is 1.38. The number of rotatable bonds is 7. The van der Waals surface area contributed by atoms with Crippen LogP contribution in [-0.4, -0.2) is 40.3 Å². The van der Waals surface area contributed by atoms with Crippen molar-refractivity contribution in [2.45, 2.75) is 53.7 Å². The second-order valence-corrected chi connectivity index (χ2v) is 7.56. The normalized spacial score (nSPS) is 12.0. The molecule has 1 amide bonds. The van der Waals surface area contributed by atoms with E-state index >= 15 is 0 Å². The van der Waals surface area contributed by atoms with Crippen LogP contribution in [-0.2, 0) is 14.3 Å². The van der Waals surface area contributed by atoms with E-state index in [1.807, 2.05) is 6.92 Å². The molecule has 2 heterocycles. The Morgan fingerprint density at radius 3 is 2.43 bits per heavy atom. The van der Waals surface area contributed by atoms with E-state index in [0.29, 0.717) is 5.56 Å². The van der Waals surface area contributed by atoms with Crippen LogP contribution in [0, 0.1) is 13.8 Å². The van der Waals surface area contributed by atoms with Gasteiger partial charge in [-0.1, -0.05) is 0 Å². The summed E-state index contributed by atoms with van der Waals surface area (Å²) in [5.74, 6) is -1.50. The monoisotopic (exact) mass is 407 g/mol. The Hall–Kier alpha value is -2.68. The molecule has 0 aliphatic carbocycles. The number of nitrogens with zero attached hydrogens (tertiary/aromatic N) is 2. The summed E-state index contributed by atoms with van der Waals surface area (Å²) in [6.07, 6.45) is 1.37. The summed E-state index contributed by atoms with van der Waals surface area (Å²) in [4.78, 5) is 37.8. The van der Waals surface area contributed by atoms with Crippen molar-refractivity contribution in [1.82, 2.24) is 9.78 Å². The third-order valence-corrected chi connectivity index (χ3v) is 5.10. The number of aryl methyl sites for hydroxylation is 1. The molecule has 1 unspecified atom stereocenters. The van der Waals surface area contributed by atoms with Crippen molar-refractivity contribution in [2.75, 3.05) is 11.9 Å². The van der Waals surface area contributed by atoms with Gasteiger partial charge in [-0.25, -0.2) is 9.59 Å². The quantitative estimate of drug-likeness (QED) is 0.705. The van der Waals surface area contributed by atoms with Gasteiger partial charge in [0.15, 0.2) is 0 Å². The zero-order valence-electron chi connectivity index (χ0n) is 16.9. The van der Waals surface area contributed by atoms with Crippen LogP contribution in [0.1, 0.15) is 65.0 Å². The third kappa shape index (κ3) is 4.78. The average molecular weight is 407 g/mol. The van der Waals surface area contributed by atoms with E-state index in [1.54, 1.807) is 46.9 Å². The molecule has 0 saturated carbocycles. The molecule has 9 heteroatoms. The van der Waals surface area contributed by atoms with E-state index in [9.17, 15) is 14.4 Å². The van der Waals surface area contributed by atoms with Crippen LogP contribution < -0.4 is 5.32 Å². The van der Waals surface area contributed by atoms with Gasteiger partial charge in [-0.15, -0.1) is 11.3 Å². The molecule has 0 spiro atoms. The number of anilines is 1. The van der Waals surface area contributed by atoms with Gasteiger partial charge in [0.1, 0.15) is 15.9 Å². The number of aromatic nitrogens is 2. The highest BCUT2D eigenvalue weighted by Gasteiger charge is 2.29. The Morgan fingerprint density at radius 2 is 1.89 bits per heavy atom. The highest BCUT2D eigenvalue weighted by Crippen LogP contribution is 2.35. The third-order valence-electron chi connectivity index (χ3n) is 3.91. The Balaban J connectivity index is 2.37. The Bertz CT molecular complexity index is 884. The first-order valence-electron chi connectivity index (χ1n) is 8.99. The number of hydrogen-bond donors (Lipinski definition) is 1. The largest absolute Gasteiger partial charge is 0.462 e. The number of carbonyl (C=O) groups excluding carboxylic acids is 3. The molecule has 0 fully saturated rings. The molecule has 0 bridgehead atoms. The summed E-state index contributed by atoms with van der Waals surface area (Å²) in [5, 5.41) is 7.24. The molecule has 8 nitrogen and oxygen atoms in total. The van der Waals surface area contributed by atoms with E-state index in [4.69, 9.17) is 9.47 Å². The van der Waals surface area contributed by atoms with Gasteiger partial charge < -0.3 is 14.8 Å². The summed E-state index contributed by atoms with van der Waals surface area (Å²) >= 11 is 0.999. The summed E-state index contributed by atoms with van der Waals surface area (Å²) in [6, 6.07) is 1.19. The number of hydrogen-bond acceptors (Lipinski definition) is 7. The molecule has 0 saturated heterocycles. The van der Waals surface area contributed by atoms with Crippen LogP contribution in [0.5, 0.6) is 0 Å². The lowest BCUT2D eigenvalue weighted by Gasteiger charge is -2.14. The van der Waals surface area contributed by atoms with Gasteiger partial charge in [-0.3, -0.25) is 9.48 Å². The van der Waals surface area contributed by atoms with Gasteiger partial charge >= 0.3 is 11.9 Å². The number of nitrogens with one attached hydrogen (secondary N) is 1. The first kappa shape index (κ1) is 21.6. The number of amides is 1. The fraction of sp³-hybridized carbons (Fsp3) is 0.474. The molecule has 0 aliphatic rings. The Kier molecular flexibility index (Phi) is 6.95. The SMILES string of the molecule is CCOC(=O)c1sc(NC(=O)C(C)n2ccc(C)n2)c(C(=O)OC(C)C)c1C. The maximum absolute atomic E-state index is 12.7. The number of carbonyl (C=O) groups is 3. The van der Waals surface area contributed by atoms with Crippen LogP contribution in [0.3, 0.4) is 0 Å². The van der Waals surface area contributed by atoms with Crippen LogP contribution in [0.15, 0.2) is 12.3 Å². The molecule has 28 heavy (non-hydrogen) atoms. The van der Waals surface area contributed by atoms with E-state index < -0.39 is 18.0 Å². The molecular weight excluding hydrogens is 382 g/mol. The number of thiophene rings is 1. The fourth-order valence-electron chi connectivity index (χ4n) is 2.50. The topological polar surface area (TPSA) is 99.5 Å². The van der Waals surface area contributed by atoms with Crippen molar-refractivity contribution in [3.05, 3.63) is 34.0 Å². The molecule has 2 aromatic rings. The molecule has 1 N–H and O–H groups in total. The minimum Gasteiger partial charge on any atom is -0.462 e. The fourth-order valence-corrected chi connectivity index (χ4v) is 3.59. The molecule has 152 valence electrons. The first-order valence-corrected chi connectivity index (χ1v) is 9.81. The summed E-state index contributed by atoms with van der Waals surface area (Å²) in [6.45, 7) is 10.5. The highest BCUT2D eigenvalue weighted by molar-refractivity contribution is 7.18. The van der Waals surface area contributed by atoms with Crippen molar-refractivity contribution in [3.63, 3.8) is 0 Å². The zero-order valence-corrected chi connectivity index (χ0v) is 17.7. The van der Waals surface area contributed by atoms with Crippen LogP contribution >= 0.6 is 11.3 Å². The maximum atomic E-state index is 12.7. The minimum atomic E-state index is -0.601. The Morgan fingerprint density at radius 1 is 1.21 bits per heavy atom. The lowest BCUT2D eigenvalue weighted by atomic mass is 10.1. The molecule has 1 atom stereocenters. The zero-order chi connectivity index (χ0) is 21.0. The minimum absolute atomic E-state index is 0.166. The van der Waals surface area contributed by atoms with E-state index in [1.165, 1.54) is 4.68 Å². The van der Waals surface area contributed by atoms with Gasteiger partial charge in [0, 0.05) is 6.20 Å². The molecule has 0 aliphatic heterocycles. The van der Waals surface area contributed by atoms with Crippen molar-refractivity contribution in [2.24, 2.45) is 0 Å². The van der Waals surface area contributed by atoms with Crippen molar-refractivity contribution >= 4 is 34.2 Å². The number of esters is 2. The van der Waals surface area contributed by atoms with E-state index in [2.05, 4.69) is 10.4 Å². The van der Waals surface area contributed by atoms with Crippen molar-refractivity contribution < 1.29 is 23.9 Å². The molecule has 0 radical (unpaired) electrons. The lowest BCUT2D eigenvalue weighted by Crippen LogP contribution is -2.25. The molecule has 2 rings (SSSR count). The van der Waals surface area contributed by atoms with Crippen LogP contribution in [0.2, 0.25) is 0 Å². The number of ether oxygens (including phenoxy) is 2. The maximum Gasteiger partial charge on any atom is 0.348 e. The first-order chi connectivity index (χ1) is 13.1. The predicted octanol–water partition coefficient (Wildman–Crippen LogP) is 3.50. The Labute approximate surface area is 167 Å². The van der Waals surface area contributed by atoms with Crippen molar-refractivity contribution in [3.8, 4) is 0 Å². The standard InChI is InChI=1S/C19H25N3O5S/c1-7-26-19(25)15-12(5)14(18(24)27-10(2)3)17(28-15)20-16(23)13(6)22-9-8-11(4)21-22/h8-10,13H,7H2,1-6H3,(H,20,23). The van der Waals surface area contributed by atoms with E-state index in [-0.39, 0.29) is 34.1 Å². The van der Waals surface area contributed by atoms with Crippen molar-refractivity contribution in [1.29, 1.82) is 0 Å². The average Bonchev–Trinajstić information content (AvgIpc) is 3.17. The van der Waals surface area contributed by atoms with Gasteiger partial charge in [0.25, 0.3) is 0 Å². The second-order valence-electron chi connectivity index (χ2n) is 6.54.